The Labute approximate surface area is 115 Å². The second kappa shape index (κ2) is 4.79. The molecule has 0 saturated carbocycles. The molecule has 0 bridgehead atoms. The number of thiazole rings is 1. The summed E-state index contributed by atoms with van der Waals surface area (Å²) in [7, 11) is 0. The van der Waals surface area contributed by atoms with Gasteiger partial charge in [-0.05, 0) is 25.1 Å². The van der Waals surface area contributed by atoms with Crippen molar-refractivity contribution in [3.8, 4) is 5.75 Å². The number of anilines is 1. The van der Waals surface area contributed by atoms with Crippen molar-refractivity contribution in [2.24, 2.45) is 5.73 Å². The zero-order valence-corrected chi connectivity index (χ0v) is 11.4. The smallest absolute Gasteiger partial charge is 0.230 e. The quantitative estimate of drug-likeness (QED) is 0.928. The van der Waals surface area contributed by atoms with Gasteiger partial charge in [-0.2, -0.15) is 0 Å². The van der Waals surface area contributed by atoms with Gasteiger partial charge < -0.3 is 10.5 Å². The molecule has 2 heterocycles. The van der Waals surface area contributed by atoms with Gasteiger partial charge in [-0.3, -0.25) is 9.69 Å². The monoisotopic (exact) mass is 277 g/mol. The lowest BCUT2D eigenvalue weighted by Crippen LogP contribution is -2.27. The number of ether oxygens (including phenoxy) is 1. The Balaban J connectivity index is 1.95. The lowest BCUT2D eigenvalue weighted by Gasteiger charge is -2.10. The first kappa shape index (κ1) is 12.4. The highest BCUT2D eigenvalue weighted by molar-refractivity contribution is 7.22. The van der Waals surface area contributed by atoms with Crippen LogP contribution in [0, 0.1) is 0 Å². The average Bonchev–Trinajstić information content (AvgIpc) is 2.92. The van der Waals surface area contributed by atoms with Gasteiger partial charge in [0.2, 0.25) is 5.91 Å². The molecule has 1 amide bonds. The predicted molar refractivity (Wildman–Crippen MR) is 75.7 cm³/mol. The third-order valence-electron chi connectivity index (χ3n) is 3.05. The molecule has 1 aromatic carbocycles. The minimum absolute atomic E-state index is 0.0524. The molecule has 19 heavy (non-hydrogen) atoms. The Hall–Kier alpha value is -1.66. The molecule has 1 saturated heterocycles. The highest BCUT2D eigenvalue weighted by Gasteiger charge is 2.30. The Morgan fingerprint density at radius 1 is 1.58 bits per heavy atom. The molecule has 1 aliphatic heterocycles. The van der Waals surface area contributed by atoms with Crippen LogP contribution in [0.1, 0.15) is 13.3 Å². The molecule has 2 N–H and O–H groups in total. The van der Waals surface area contributed by atoms with Crippen molar-refractivity contribution >= 4 is 32.6 Å². The fourth-order valence-electron chi connectivity index (χ4n) is 2.18. The molecule has 0 radical (unpaired) electrons. The van der Waals surface area contributed by atoms with Crippen molar-refractivity contribution in [3.05, 3.63) is 18.2 Å². The van der Waals surface area contributed by atoms with Gasteiger partial charge in [0, 0.05) is 19.0 Å². The number of carbonyl (C=O) groups is 1. The summed E-state index contributed by atoms with van der Waals surface area (Å²) in [4.78, 5) is 18.0. The molecule has 1 fully saturated rings. The molecule has 1 aromatic heterocycles. The van der Waals surface area contributed by atoms with E-state index < -0.39 is 0 Å². The largest absolute Gasteiger partial charge is 0.494 e. The number of hydrogen-bond donors (Lipinski definition) is 1. The van der Waals surface area contributed by atoms with Crippen LogP contribution in [0.5, 0.6) is 5.75 Å². The van der Waals surface area contributed by atoms with Crippen molar-refractivity contribution in [2.75, 3.05) is 18.1 Å². The topological polar surface area (TPSA) is 68.4 Å². The van der Waals surface area contributed by atoms with Gasteiger partial charge in [-0.15, -0.1) is 0 Å². The van der Waals surface area contributed by atoms with Gasteiger partial charge in [0.05, 0.1) is 16.8 Å². The lowest BCUT2D eigenvalue weighted by molar-refractivity contribution is -0.117. The number of hydrogen-bond acceptors (Lipinski definition) is 5. The highest BCUT2D eigenvalue weighted by atomic mass is 32.1. The maximum atomic E-state index is 11.8. The number of aromatic nitrogens is 1. The first-order valence-corrected chi connectivity index (χ1v) is 7.08. The number of benzene rings is 1. The summed E-state index contributed by atoms with van der Waals surface area (Å²) in [6, 6.07) is 5.69. The van der Waals surface area contributed by atoms with Crippen LogP contribution in [0.15, 0.2) is 18.2 Å². The number of rotatable bonds is 3. The minimum Gasteiger partial charge on any atom is -0.494 e. The van der Waals surface area contributed by atoms with Crippen LogP contribution >= 0.6 is 11.3 Å². The summed E-state index contributed by atoms with van der Waals surface area (Å²) in [5.41, 5.74) is 6.69. The van der Waals surface area contributed by atoms with Gasteiger partial charge in [-0.1, -0.05) is 11.3 Å². The average molecular weight is 277 g/mol. The van der Waals surface area contributed by atoms with Crippen LogP contribution < -0.4 is 15.4 Å². The molecule has 5 nitrogen and oxygen atoms in total. The van der Waals surface area contributed by atoms with E-state index in [2.05, 4.69) is 4.98 Å². The fraction of sp³-hybridized carbons (Fsp3) is 0.385. The van der Waals surface area contributed by atoms with Gasteiger partial charge in [0.1, 0.15) is 5.75 Å². The molecule has 6 heteroatoms. The van der Waals surface area contributed by atoms with E-state index in [9.17, 15) is 4.79 Å². The van der Waals surface area contributed by atoms with Crippen LogP contribution in [0.25, 0.3) is 10.2 Å². The van der Waals surface area contributed by atoms with Gasteiger partial charge in [-0.25, -0.2) is 4.98 Å². The van der Waals surface area contributed by atoms with E-state index >= 15 is 0 Å². The molecule has 1 aliphatic rings. The first-order chi connectivity index (χ1) is 9.17. The molecule has 100 valence electrons. The minimum atomic E-state index is -0.0847. The van der Waals surface area contributed by atoms with E-state index in [0.717, 1.165) is 21.1 Å². The van der Waals surface area contributed by atoms with Crippen LogP contribution in [-0.2, 0) is 4.79 Å². The van der Waals surface area contributed by atoms with Crippen molar-refractivity contribution in [3.63, 3.8) is 0 Å². The van der Waals surface area contributed by atoms with Crippen LogP contribution in [0.3, 0.4) is 0 Å². The molecule has 3 rings (SSSR count). The van der Waals surface area contributed by atoms with Crippen LogP contribution in [-0.4, -0.2) is 30.1 Å². The summed E-state index contributed by atoms with van der Waals surface area (Å²) in [6.45, 7) is 3.14. The third-order valence-corrected chi connectivity index (χ3v) is 4.09. The number of nitrogens with zero attached hydrogens (tertiary/aromatic N) is 2. The Morgan fingerprint density at radius 2 is 2.42 bits per heavy atom. The zero-order chi connectivity index (χ0) is 13.4. The van der Waals surface area contributed by atoms with E-state index in [-0.39, 0.29) is 11.9 Å². The Morgan fingerprint density at radius 3 is 3.11 bits per heavy atom. The number of carbonyl (C=O) groups excluding carboxylic acids is 1. The second-order valence-corrected chi connectivity index (χ2v) is 5.54. The molecule has 2 aromatic rings. The van der Waals surface area contributed by atoms with Gasteiger partial charge in [0.15, 0.2) is 5.13 Å². The van der Waals surface area contributed by atoms with E-state index in [1.165, 1.54) is 11.3 Å². The number of amides is 1. The summed E-state index contributed by atoms with van der Waals surface area (Å²) in [5, 5.41) is 0.724. The van der Waals surface area contributed by atoms with E-state index in [1.54, 1.807) is 4.90 Å². The third kappa shape index (κ3) is 2.29. The maximum absolute atomic E-state index is 11.8. The summed E-state index contributed by atoms with van der Waals surface area (Å²) in [5.74, 6) is 0.881. The van der Waals surface area contributed by atoms with Crippen LogP contribution in [0.4, 0.5) is 5.13 Å². The summed E-state index contributed by atoms with van der Waals surface area (Å²) < 4.78 is 6.49. The standard InChI is InChI=1S/C13H15N3O2S/c1-2-18-9-3-4-10-11(6-9)19-13(15-10)16-7-8(14)5-12(16)17/h3-4,6,8H,2,5,7,14H2,1H3. The molecule has 1 unspecified atom stereocenters. The molecule has 0 aliphatic carbocycles. The Bertz CT molecular complexity index is 625. The number of fused-ring (bicyclic) bond motifs is 1. The van der Waals surface area contributed by atoms with Crippen molar-refractivity contribution in [1.82, 2.24) is 4.98 Å². The second-order valence-electron chi connectivity index (χ2n) is 4.53. The fourth-order valence-corrected chi connectivity index (χ4v) is 3.21. The molecular weight excluding hydrogens is 262 g/mol. The van der Waals surface area contributed by atoms with E-state index in [1.807, 2.05) is 25.1 Å². The summed E-state index contributed by atoms with van der Waals surface area (Å²) >= 11 is 1.50. The van der Waals surface area contributed by atoms with E-state index in [0.29, 0.717) is 19.6 Å². The number of nitrogens with two attached hydrogens (primary N) is 1. The van der Waals surface area contributed by atoms with Gasteiger partial charge in [0.25, 0.3) is 0 Å². The molecular formula is C13H15N3O2S. The molecule has 0 spiro atoms. The van der Waals surface area contributed by atoms with Crippen LogP contribution in [0.2, 0.25) is 0 Å². The lowest BCUT2D eigenvalue weighted by atomic mass is 10.3. The van der Waals surface area contributed by atoms with E-state index in [4.69, 9.17) is 10.5 Å². The molecule has 1 atom stereocenters. The Kier molecular flexibility index (Phi) is 3.12. The SMILES string of the molecule is CCOc1ccc2nc(N3CC(N)CC3=O)sc2c1. The first-order valence-electron chi connectivity index (χ1n) is 6.26. The highest BCUT2D eigenvalue weighted by Crippen LogP contribution is 2.33. The summed E-state index contributed by atoms with van der Waals surface area (Å²) in [6.07, 6.45) is 0.403. The van der Waals surface area contributed by atoms with Crippen molar-refractivity contribution in [1.29, 1.82) is 0 Å². The van der Waals surface area contributed by atoms with Crippen molar-refractivity contribution in [2.45, 2.75) is 19.4 Å². The van der Waals surface area contributed by atoms with Gasteiger partial charge >= 0.3 is 0 Å². The maximum Gasteiger partial charge on any atom is 0.230 e. The zero-order valence-electron chi connectivity index (χ0n) is 10.6. The predicted octanol–water partition coefficient (Wildman–Crippen LogP) is 1.76. The normalized spacial score (nSPS) is 19.4. The van der Waals surface area contributed by atoms with Crippen molar-refractivity contribution < 1.29 is 9.53 Å².